The van der Waals surface area contributed by atoms with Crippen molar-refractivity contribution < 1.29 is 9.90 Å². The number of aryl methyl sites for hydroxylation is 1. The number of hydrogen-bond acceptors (Lipinski definition) is 2. The van der Waals surface area contributed by atoms with Crippen LogP contribution >= 0.6 is 15.9 Å². The van der Waals surface area contributed by atoms with Gasteiger partial charge in [-0.15, -0.1) is 0 Å². The number of aliphatic hydroxyl groups is 1. The Kier molecular flexibility index (Phi) is 4.10. The Bertz CT molecular complexity index is 710. The Balaban J connectivity index is 1.95. The van der Waals surface area contributed by atoms with Gasteiger partial charge in [-0.3, -0.25) is 4.79 Å². The Morgan fingerprint density at radius 1 is 1.41 bits per heavy atom. The molecule has 3 rings (SSSR count). The minimum Gasteiger partial charge on any atom is -0.365 e. The van der Waals surface area contributed by atoms with Gasteiger partial charge in [0.2, 0.25) is 0 Å². The molecule has 5 heteroatoms. The molecule has 0 aliphatic carbocycles. The zero-order chi connectivity index (χ0) is 15.7. The molecular weight excluding hydrogens is 344 g/mol. The molecule has 0 saturated carbocycles. The fourth-order valence-corrected chi connectivity index (χ4v) is 3.30. The van der Waals surface area contributed by atoms with E-state index in [4.69, 9.17) is 0 Å². The zero-order valence-corrected chi connectivity index (χ0v) is 14.1. The van der Waals surface area contributed by atoms with E-state index in [2.05, 4.69) is 28.2 Å². The van der Waals surface area contributed by atoms with Crippen LogP contribution in [0.5, 0.6) is 0 Å². The van der Waals surface area contributed by atoms with E-state index in [1.165, 1.54) is 0 Å². The molecular formula is C17H19BrN2O2. The summed E-state index contributed by atoms with van der Waals surface area (Å²) in [6.07, 6.45) is 4.97. The van der Waals surface area contributed by atoms with Crippen LogP contribution in [0, 0.1) is 0 Å². The lowest BCUT2D eigenvalue weighted by Gasteiger charge is -2.35. The summed E-state index contributed by atoms with van der Waals surface area (Å²) in [7, 11) is 0. The normalized spacial score (nSPS) is 20.6. The third-order valence-electron chi connectivity index (χ3n) is 4.10. The highest BCUT2D eigenvalue weighted by Gasteiger charge is 2.37. The molecule has 1 aromatic carbocycles. The monoisotopic (exact) mass is 362 g/mol. The number of amides is 1. The number of unbranched alkanes of at least 4 members (excludes halogenated alkanes) is 1. The second kappa shape index (κ2) is 5.89. The number of halogens is 1. The largest absolute Gasteiger partial charge is 0.365 e. The van der Waals surface area contributed by atoms with Crippen LogP contribution in [-0.2, 0) is 18.7 Å². The fraction of sp³-hybridized carbons (Fsp3) is 0.353. The van der Waals surface area contributed by atoms with Crippen LogP contribution in [0.1, 0.15) is 41.4 Å². The topological polar surface area (TPSA) is 54.3 Å². The third kappa shape index (κ3) is 2.71. The second-order valence-corrected chi connectivity index (χ2v) is 6.60. The van der Waals surface area contributed by atoms with Crippen LogP contribution in [0.15, 0.2) is 41.0 Å². The van der Waals surface area contributed by atoms with E-state index in [1.54, 1.807) is 10.6 Å². The maximum absolute atomic E-state index is 12.2. The Hall–Kier alpha value is -1.59. The first-order chi connectivity index (χ1) is 10.5. The predicted molar refractivity (Wildman–Crippen MR) is 88.5 cm³/mol. The van der Waals surface area contributed by atoms with Crippen LogP contribution in [-0.4, -0.2) is 15.6 Å². The van der Waals surface area contributed by atoms with Gasteiger partial charge >= 0.3 is 0 Å². The Morgan fingerprint density at radius 2 is 2.23 bits per heavy atom. The maximum atomic E-state index is 12.2. The Morgan fingerprint density at radius 3 is 3.00 bits per heavy atom. The van der Waals surface area contributed by atoms with Crippen LogP contribution in [0.4, 0.5) is 0 Å². The van der Waals surface area contributed by atoms with Crippen molar-refractivity contribution in [3.05, 3.63) is 57.8 Å². The number of aromatic nitrogens is 1. The second-order valence-electron chi connectivity index (χ2n) is 5.75. The summed E-state index contributed by atoms with van der Waals surface area (Å²) in [4.78, 5) is 12.2. The summed E-state index contributed by atoms with van der Waals surface area (Å²) in [5.74, 6) is -0.253. The molecule has 0 spiro atoms. The average Bonchev–Trinajstić information content (AvgIpc) is 2.94. The highest BCUT2D eigenvalue weighted by atomic mass is 79.9. The Labute approximate surface area is 138 Å². The number of benzene rings is 1. The predicted octanol–water partition coefficient (Wildman–Crippen LogP) is 3.18. The number of rotatable bonds is 4. The van der Waals surface area contributed by atoms with Gasteiger partial charge in [0, 0.05) is 16.2 Å². The van der Waals surface area contributed by atoms with Crippen LogP contribution in [0.3, 0.4) is 0 Å². The van der Waals surface area contributed by atoms with Crippen molar-refractivity contribution in [3.8, 4) is 0 Å². The van der Waals surface area contributed by atoms with Crippen molar-refractivity contribution in [2.24, 2.45) is 0 Å². The van der Waals surface area contributed by atoms with Crippen molar-refractivity contribution in [2.75, 3.05) is 0 Å². The lowest BCUT2D eigenvalue weighted by molar-refractivity contribution is -0.0199. The van der Waals surface area contributed by atoms with Crippen molar-refractivity contribution in [3.63, 3.8) is 0 Å². The van der Waals surface area contributed by atoms with Crippen LogP contribution in [0.2, 0.25) is 0 Å². The minimum absolute atomic E-state index is 0.253. The molecule has 1 aliphatic heterocycles. The average molecular weight is 363 g/mol. The summed E-state index contributed by atoms with van der Waals surface area (Å²) in [6.45, 7) is 2.47. The summed E-state index contributed by atoms with van der Waals surface area (Å²) < 4.78 is 2.82. The summed E-state index contributed by atoms with van der Waals surface area (Å²) in [5, 5.41) is 13.7. The molecule has 1 atom stereocenters. The highest BCUT2D eigenvalue weighted by molar-refractivity contribution is 9.10. The molecule has 2 N–H and O–H groups in total. The summed E-state index contributed by atoms with van der Waals surface area (Å²) >= 11 is 3.56. The molecule has 0 radical (unpaired) electrons. The fourth-order valence-electron chi connectivity index (χ4n) is 2.85. The molecule has 1 aliphatic rings. The number of carbonyl (C=O) groups is 1. The van der Waals surface area contributed by atoms with Crippen molar-refractivity contribution in [1.82, 2.24) is 9.88 Å². The van der Waals surface area contributed by atoms with E-state index in [-0.39, 0.29) is 5.91 Å². The first-order valence-corrected chi connectivity index (χ1v) is 8.32. The summed E-state index contributed by atoms with van der Waals surface area (Å²) in [6, 6.07) is 9.34. The van der Waals surface area contributed by atoms with Gasteiger partial charge in [0.1, 0.15) is 5.69 Å². The van der Waals surface area contributed by atoms with Crippen molar-refractivity contribution >= 4 is 21.8 Å². The highest BCUT2D eigenvalue weighted by Crippen LogP contribution is 2.29. The van der Waals surface area contributed by atoms with Gasteiger partial charge in [-0.05, 0) is 42.7 Å². The minimum atomic E-state index is -1.37. The molecule has 1 unspecified atom stereocenters. The van der Waals surface area contributed by atoms with Crippen molar-refractivity contribution in [2.45, 2.75) is 38.5 Å². The van der Waals surface area contributed by atoms with E-state index in [9.17, 15) is 9.90 Å². The molecule has 1 aromatic heterocycles. The molecule has 0 saturated heterocycles. The molecule has 4 nitrogen and oxygen atoms in total. The summed E-state index contributed by atoms with van der Waals surface area (Å²) in [5.41, 5.74) is 1.08. The van der Waals surface area contributed by atoms with E-state index < -0.39 is 5.72 Å². The van der Waals surface area contributed by atoms with Gasteiger partial charge in [-0.25, -0.2) is 0 Å². The molecule has 1 amide bonds. The van der Waals surface area contributed by atoms with Gasteiger partial charge in [0.05, 0.1) is 6.54 Å². The van der Waals surface area contributed by atoms with Crippen molar-refractivity contribution in [1.29, 1.82) is 0 Å². The SMILES string of the molecule is CCCCc1cc(C2(O)Cn3cccc3C(=O)N2)ccc1Br. The standard InChI is InChI=1S/C17H19BrN2O2/c1-2-3-5-12-10-13(7-8-14(12)18)17(22)11-20-9-4-6-15(20)16(21)19-17/h4,6-10,22H,2-3,5,11H2,1H3,(H,19,21). The van der Waals surface area contributed by atoms with Gasteiger partial charge < -0.3 is 15.0 Å². The lowest BCUT2D eigenvalue weighted by atomic mass is 9.96. The van der Waals surface area contributed by atoms with Gasteiger partial charge in [-0.2, -0.15) is 0 Å². The number of hydrogen-bond donors (Lipinski definition) is 2. The van der Waals surface area contributed by atoms with E-state index >= 15 is 0 Å². The van der Waals surface area contributed by atoms with Gasteiger partial charge in [-0.1, -0.05) is 35.3 Å². The molecule has 22 heavy (non-hydrogen) atoms. The first kappa shape index (κ1) is 15.3. The molecule has 0 fully saturated rings. The molecule has 0 bridgehead atoms. The third-order valence-corrected chi connectivity index (χ3v) is 4.88. The van der Waals surface area contributed by atoms with E-state index in [0.29, 0.717) is 12.2 Å². The first-order valence-electron chi connectivity index (χ1n) is 7.52. The molecule has 2 heterocycles. The maximum Gasteiger partial charge on any atom is 0.270 e. The molecule has 2 aromatic rings. The smallest absolute Gasteiger partial charge is 0.270 e. The number of fused-ring (bicyclic) bond motifs is 1. The van der Waals surface area contributed by atoms with Gasteiger partial charge in [0.15, 0.2) is 5.72 Å². The number of carbonyl (C=O) groups excluding carboxylic acids is 1. The van der Waals surface area contributed by atoms with Crippen LogP contribution < -0.4 is 5.32 Å². The number of nitrogens with zero attached hydrogens (tertiary/aromatic N) is 1. The quantitative estimate of drug-likeness (QED) is 0.877. The number of nitrogens with one attached hydrogen (secondary N) is 1. The van der Waals surface area contributed by atoms with Gasteiger partial charge in [0.25, 0.3) is 5.91 Å². The van der Waals surface area contributed by atoms with E-state index in [0.717, 1.165) is 34.9 Å². The zero-order valence-electron chi connectivity index (χ0n) is 12.5. The van der Waals surface area contributed by atoms with E-state index in [1.807, 2.05) is 30.5 Å². The van der Waals surface area contributed by atoms with Crippen LogP contribution in [0.25, 0.3) is 0 Å². The molecule has 116 valence electrons. The lowest BCUT2D eigenvalue weighted by Crippen LogP contribution is -2.53.